The van der Waals surface area contributed by atoms with Gasteiger partial charge >= 0.3 is 29.6 Å². The first-order valence-electron chi connectivity index (χ1n) is 4.93. The Morgan fingerprint density at radius 1 is 1.05 bits per heavy atom. The average molecular weight is 308 g/mol. The second-order valence-electron chi connectivity index (χ2n) is 3.43. The molecule has 4 nitrogen and oxygen atoms in total. The van der Waals surface area contributed by atoms with Crippen LogP contribution >= 0.6 is 23.2 Å². The number of non-ortho nitro benzene ring substituents is 1. The number of ether oxygens (including phenoxy) is 1. The van der Waals surface area contributed by atoms with Crippen molar-refractivity contribution in [2.24, 2.45) is 0 Å². The van der Waals surface area contributed by atoms with E-state index in [1.165, 1.54) is 24.3 Å². The summed E-state index contributed by atoms with van der Waals surface area (Å²) in [5.41, 5.74) is 0.00422. The van der Waals surface area contributed by atoms with Gasteiger partial charge in [0.2, 0.25) is 0 Å². The summed E-state index contributed by atoms with van der Waals surface area (Å²) in [4.78, 5) is 10.0. The van der Waals surface area contributed by atoms with Crippen molar-refractivity contribution >= 4 is 58.4 Å². The Balaban J connectivity index is 0.00000180. The topological polar surface area (TPSA) is 52.4 Å². The Morgan fingerprint density at radius 2 is 1.68 bits per heavy atom. The molecule has 0 aliphatic carbocycles. The number of hydrogen-bond donors (Lipinski definition) is 0. The van der Waals surface area contributed by atoms with Crippen molar-refractivity contribution < 1.29 is 9.66 Å². The third kappa shape index (κ3) is 4.37. The van der Waals surface area contributed by atoms with Gasteiger partial charge in [0.05, 0.1) is 9.95 Å². The predicted octanol–water partition coefficient (Wildman–Crippen LogP) is 4.05. The summed E-state index contributed by atoms with van der Waals surface area (Å²) < 4.78 is 5.49. The molecule has 0 heterocycles. The molecule has 0 bridgehead atoms. The van der Waals surface area contributed by atoms with Gasteiger partial charge in [-0.05, 0) is 30.3 Å². The van der Waals surface area contributed by atoms with Gasteiger partial charge < -0.3 is 4.74 Å². The van der Waals surface area contributed by atoms with E-state index in [0.29, 0.717) is 21.5 Å². The van der Waals surface area contributed by atoms with E-state index in [4.69, 9.17) is 27.9 Å². The van der Waals surface area contributed by atoms with Crippen LogP contribution in [0.15, 0.2) is 42.5 Å². The normalized spacial score (nSPS) is 9.58. The van der Waals surface area contributed by atoms with E-state index in [9.17, 15) is 10.1 Å². The first-order chi connectivity index (χ1) is 8.56. The molecule has 0 aliphatic rings. The molecule has 0 aliphatic heterocycles. The molecule has 0 radical (unpaired) electrons. The van der Waals surface area contributed by atoms with Crippen molar-refractivity contribution in [3.05, 3.63) is 62.6 Å². The van der Waals surface area contributed by atoms with E-state index in [1.54, 1.807) is 18.2 Å². The standard InChI is InChI=1S/C12H7Cl2NO3.Na.H/c13-8-1-6-12(11(14)7-8)18-10-4-2-9(3-5-10)15(16)17;;/h1-7H;;. The van der Waals surface area contributed by atoms with Gasteiger partial charge in [0.25, 0.3) is 5.69 Å². The number of halogens is 2. The van der Waals surface area contributed by atoms with Crippen LogP contribution in [0.3, 0.4) is 0 Å². The summed E-state index contributed by atoms with van der Waals surface area (Å²) in [5.74, 6) is 0.903. The molecule has 7 heteroatoms. The molecule has 0 amide bonds. The van der Waals surface area contributed by atoms with Crippen molar-refractivity contribution in [2.45, 2.75) is 0 Å². The number of hydrogen-bond acceptors (Lipinski definition) is 3. The Morgan fingerprint density at radius 3 is 2.21 bits per heavy atom. The van der Waals surface area contributed by atoms with E-state index < -0.39 is 4.92 Å². The Hall–Kier alpha value is -0.780. The van der Waals surface area contributed by atoms with E-state index in [0.717, 1.165) is 0 Å². The fraction of sp³-hybridized carbons (Fsp3) is 0. The van der Waals surface area contributed by atoms with Crippen LogP contribution in [-0.4, -0.2) is 34.5 Å². The van der Waals surface area contributed by atoms with Gasteiger partial charge in [-0.1, -0.05) is 23.2 Å². The zero-order valence-electron chi connectivity index (χ0n) is 8.97. The summed E-state index contributed by atoms with van der Waals surface area (Å²) in [7, 11) is 0. The summed E-state index contributed by atoms with van der Waals surface area (Å²) >= 11 is 11.7. The third-order valence-corrected chi connectivity index (χ3v) is 2.70. The molecule has 0 saturated heterocycles. The van der Waals surface area contributed by atoms with E-state index in [2.05, 4.69) is 0 Å². The van der Waals surface area contributed by atoms with Crippen molar-refractivity contribution in [3.63, 3.8) is 0 Å². The van der Waals surface area contributed by atoms with Crippen LogP contribution in [0.5, 0.6) is 11.5 Å². The Bertz CT molecular complexity index is 590. The molecule has 0 unspecified atom stereocenters. The summed E-state index contributed by atoms with van der Waals surface area (Å²) in [6.45, 7) is 0. The van der Waals surface area contributed by atoms with Crippen LogP contribution in [0.2, 0.25) is 10.0 Å². The van der Waals surface area contributed by atoms with Gasteiger partial charge in [-0.15, -0.1) is 0 Å². The molecule has 19 heavy (non-hydrogen) atoms. The van der Waals surface area contributed by atoms with Crippen molar-refractivity contribution in [1.82, 2.24) is 0 Å². The van der Waals surface area contributed by atoms with E-state index >= 15 is 0 Å². The van der Waals surface area contributed by atoms with E-state index in [-0.39, 0.29) is 35.2 Å². The molecule has 2 aromatic carbocycles. The summed E-state index contributed by atoms with van der Waals surface area (Å²) in [5, 5.41) is 11.4. The monoisotopic (exact) mass is 307 g/mol. The van der Waals surface area contributed by atoms with Gasteiger partial charge in [0.1, 0.15) is 11.5 Å². The molecular formula is C12H8Cl2NNaO3. The molecule has 0 saturated carbocycles. The van der Waals surface area contributed by atoms with E-state index in [1.807, 2.05) is 0 Å². The van der Waals surface area contributed by atoms with Crippen molar-refractivity contribution in [3.8, 4) is 11.5 Å². The minimum absolute atomic E-state index is 0. The summed E-state index contributed by atoms with van der Waals surface area (Å²) in [6, 6.07) is 10.6. The zero-order chi connectivity index (χ0) is 13.1. The van der Waals surface area contributed by atoms with Gasteiger partial charge in [-0.25, -0.2) is 0 Å². The zero-order valence-corrected chi connectivity index (χ0v) is 10.5. The van der Waals surface area contributed by atoms with Crippen LogP contribution in [0, 0.1) is 10.1 Å². The Labute approximate surface area is 141 Å². The number of nitrogens with zero attached hydrogens (tertiary/aromatic N) is 1. The molecule has 0 aromatic heterocycles. The fourth-order valence-corrected chi connectivity index (χ4v) is 1.77. The molecule has 0 atom stereocenters. The van der Waals surface area contributed by atoms with Crippen LogP contribution in [0.1, 0.15) is 0 Å². The van der Waals surface area contributed by atoms with Gasteiger partial charge in [-0.2, -0.15) is 0 Å². The van der Waals surface area contributed by atoms with Gasteiger partial charge in [-0.3, -0.25) is 10.1 Å². The SMILES string of the molecule is O=[N+]([O-])c1ccc(Oc2ccc(Cl)cc2Cl)cc1.[NaH]. The number of nitro groups is 1. The first-order valence-corrected chi connectivity index (χ1v) is 5.69. The summed E-state index contributed by atoms with van der Waals surface area (Å²) in [6.07, 6.45) is 0. The third-order valence-electron chi connectivity index (χ3n) is 2.17. The Kier molecular flexibility index (Phi) is 6.10. The molecule has 0 spiro atoms. The molecule has 2 aromatic rings. The van der Waals surface area contributed by atoms with Crippen LogP contribution in [-0.2, 0) is 0 Å². The second-order valence-corrected chi connectivity index (χ2v) is 4.27. The van der Waals surface area contributed by atoms with Crippen LogP contribution in [0.4, 0.5) is 5.69 Å². The number of rotatable bonds is 3. The molecular weight excluding hydrogens is 300 g/mol. The average Bonchev–Trinajstić information content (AvgIpc) is 2.33. The molecule has 0 fully saturated rings. The number of benzene rings is 2. The number of nitro benzene ring substituents is 1. The van der Waals surface area contributed by atoms with Crippen molar-refractivity contribution in [2.75, 3.05) is 0 Å². The molecule has 94 valence electrons. The maximum atomic E-state index is 10.5. The molecule has 2 rings (SSSR count). The van der Waals surface area contributed by atoms with Gasteiger partial charge in [0.15, 0.2) is 0 Å². The second kappa shape index (κ2) is 7.12. The van der Waals surface area contributed by atoms with Crippen molar-refractivity contribution in [1.29, 1.82) is 0 Å². The van der Waals surface area contributed by atoms with Gasteiger partial charge in [0, 0.05) is 17.2 Å². The minimum atomic E-state index is -0.473. The quantitative estimate of drug-likeness (QED) is 0.488. The van der Waals surface area contributed by atoms with Crippen LogP contribution < -0.4 is 4.74 Å². The fourth-order valence-electron chi connectivity index (χ4n) is 1.32. The van der Waals surface area contributed by atoms with Crippen LogP contribution in [0.25, 0.3) is 0 Å². The maximum absolute atomic E-state index is 10.5. The molecule has 0 N–H and O–H groups in total. The predicted molar refractivity (Wildman–Crippen MR) is 76.8 cm³/mol. The first kappa shape index (κ1) is 16.3.